The predicted molar refractivity (Wildman–Crippen MR) is 96.3 cm³/mol. The summed E-state index contributed by atoms with van der Waals surface area (Å²) in [6, 6.07) is 5.88. The fourth-order valence-corrected chi connectivity index (χ4v) is 2.79. The molecule has 0 spiro atoms. The van der Waals surface area contributed by atoms with Gasteiger partial charge in [0, 0.05) is 29.2 Å². The first kappa shape index (κ1) is 18.2. The molecule has 2 aromatic rings. The van der Waals surface area contributed by atoms with Crippen LogP contribution in [0.25, 0.3) is 11.1 Å². The maximum absolute atomic E-state index is 6.29. The monoisotopic (exact) mass is 329 g/mol. The zero-order valence-electron chi connectivity index (χ0n) is 15.2. The van der Waals surface area contributed by atoms with Gasteiger partial charge in [-0.3, -0.25) is 4.98 Å². The van der Waals surface area contributed by atoms with Crippen molar-refractivity contribution in [2.45, 2.75) is 39.7 Å². The number of hydrogen-bond acceptors (Lipinski definition) is 5. The second-order valence-electron chi connectivity index (χ2n) is 6.96. The van der Waals surface area contributed by atoms with Crippen LogP contribution in [0.2, 0.25) is 0 Å². The minimum Gasteiger partial charge on any atom is -0.491 e. The molecule has 5 heteroatoms. The Morgan fingerprint density at radius 1 is 1.21 bits per heavy atom. The third-order valence-corrected chi connectivity index (χ3v) is 3.68. The molecular formula is C19H27N3O2. The van der Waals surface area contributed by atoms with Crippen molar-refractivity contribution in [1.82, 2.24) is 9.97 Å². The van der Waals surface area contributed by atoms with Gasteiger partial charge in [0.2, 0.25) is 0 Å². The van der Waals surface area contributed by atoms with E-state index < -0.39 is 5.54 Å². The Hall–Kier alpha value is -2.14. The van der Waals surface area contributed by atoms with Crippen LogP contribution in [0, 0.1) is 12.8 Å². The highest BCUT2D eigenvalue weighted by molar-refractivity contribution is 5.65. The largest absolute Gasteiger partial charge is 0.491 e. The van der Waals surface area contributed by atoms with Gasteiger partial charge in [-0.15, -0.1) is 0 Å². The van der Waals surface area contributed by atoms with Crippen LogP contribution in [-0.4, -0.2) is 29.2 Å². The molecule has 0 bridgehead atoms. The van der Waals surface area contributed by atoms with Crippen LogP contribution in [0.15, 0.2) is 30.6 Å². The molecule has 0 amide bonds. The molecule has 0 radical (unpaired) electrons. The van der Waals surface area contributed by atoms with E-state index in [1.165, 1.54) is 0 Å². The maximum Gasteiger partial charge on any atom is 0.257 e. The van der Waals surface area contributed by atoms with Crippen molar-refractivity contribution in [3.63, 3.8) is 0 Å². The third kappa shape index (κ3) is 4.93. The number of aromatic nitrogens is 2. The highest BCUT2D eigenvalue weighted by Gasteiger charge is 2.22. The summed E-state index contributed by atoms with van der Waals surface area (Å²) in [6.45, 7) is 8.64. The molecule has 0 saturated heterocycles. The summed E-state index contributed by atoms with van der Waals surface area (Å²) in [5.41, 5.74) is 8.86. The summed E-state index contributed by atoms with van der Waals surface area (Å²) in [4.78, 5) is 8.63. The van der Waals surface area contributed by atoms with Crippen LogP contribution >= 0.6 is 0 Å². The predicted octanol–water partition coefficient (Wildman–Crippen LogP) is 3.60. The molecule has 2 aromatic heterocycles. The van der Waals surface area contributed by atoms with Gasteiger partial charge >= 0.3 is 0 Å². The molecule has 1 atom stereocenters. The first-order valence-electron chi connectivity index (χ1n) is 8.19. The molecule has 0 aliphatic carbocycles. The lowest BCUT2D eigenvalue weighted by Crippen LogP contribution is -2.43. The van der Waals surface area contributed by atoms with Crippen molar-refractivity contribution < 1.29 is 9.47 Å². The minimum absolute atomic E-state index is 0.391. The third-order valence-electron chi connectivity index (χ3n) is 3.68. The maximum atomic E-state index is 6.29. The standard InChI is InChI=1S/C19H27N3O2/c1-13(2)10-19(4,20)12-24-18-17(23-5)9-16(11-22-18)15-6-7-21-14(3)8-15/h6-9,11,13H,10,12,20H2,1-5H3/t19-/m0/s1. The lowest BCUT2D eigenvalue weighted by molar-refractivity contribution is 0.194. The second kappa shape index (κ2) is 7.62. The molecule has 2 rings (SSSR count). The lowest BCUT2D eigenvalue weighted by Gasteiger charge is -2.26. The smallest absolute Gasteiger partial charge is 0.257 e. The van der Waals surface area contributed by atoms with E-state index in [9.17, 15) is 0 Å². The Morgan fingerprint density at radius 2 is 1.96 bits per heavy atom. The zero-order chi connectivity index (χ0) is 17.7. The van der Waals surface area contributed by atoms with Crippen molar-refractivity contribution in [2.24, 2.45) is 11.7 Å². The van der Waals surface area contributed by atoms with E-state index in [-0.39, 0.29) is 0 Å². The van der Waals surface area contributed by atoms with Gasteiger partial charge in [-0.2, -0.15) is 0 Å². The van der Waals surface area contributed by atoms with E-state index in [0.29, 0.717) is 24.2 Å². The number of aryl methyl sites for hydroxylation is 1. The molecular weight excluding hydrogens is 302 g/mol. The fraction of sp³-hybridized carbons (Fsp3) is 0.474. The average molecular weight is 329 g/mol. The number of rotatable bonds is 7. The van der Waals surface area contributed by atoms with Crippen molar-refractivity contribution in [3.05, 3.63) is 36.3 Å². The fourth-order valence-electron chi connectivity index (χ4n) is 2.79. The SMILES string of the molecule is COc1cc(-c2ccnc(C)c2)cnc1OC[C@@](C)(N)CC(C)C. The van der Waals surface area contributed by atoms with Crippen LogP contribution in [-0.2, 0) is 0 Å². The number of pyridine rings is 2. The van der Waals surface area contributed by atoms with Gasteiger partial charge in [0.25, 0.3) is 5.88 Å². The number of nitrogens with zero attached hydrogens (tertiary/aromatic N) is 2. The summed E-state index contributed by atoms with van der Waals surface area (Å²) in [5.74, 6) is 1.57. The molecule has 130 valence electrons. The van der Waals surface area contributed by atoms with Gasteiger partial charge in [0.15, 0.2) is 5.75 Å². The van der Waals surface area contributed by atoms with E-state index in [0.717, 1.165) is 23.2 Å². The first-order chi connectivity index (χ1) is 11.3. The lowest BCUT2D eigenvalue weighted by atomic mass is 9.93. The molecule has 2 N–H and O–H groups in total. The quantitative estimate of drug-likeness (QED) is 0.840. The zero-order valence-corrected chi connectivity index (χ0v) is 15.2. The van der Waals surface area contributed by atoms with Crippen LogP contribution in [0.5, 0.6) is 11.6 Å². The van der Waals surface area contributed by atoms with Gasteiger partial charge in [-0.1, -0.05) is 13.8 Å². The Bertz CT molecular complexity index is 684. The molecule has 24 heavy (non-hydrogen) atoms. The van der Waals surface area contributed by atoms with Crippen molar-refractivity contribution >= 4 is 0 Å². The molecule has 0 aliphatic rings. The number of ether oxygens (including phenoxy) is 2. The second-order valence-corrected chi connectivity index (χ2v) is 6.96. The van der Waals surface area contributed by atoms with E-state index in [2.05, 4.69) is 23.8 Å². The summed E-state index contributed by atoms with van der Waals surface area (Å²) in [5, 5.41) is 0. The highest BCUT2D eigenvalue weighted by atomic mass is 16.5. The van der Waals surface area contributed by atoms with Crippen LogP contribution in [0.1, 0.15) is 32.9 Å². The summed E-state index contributed by atoms with van der Waals surface area (Å²) in [7, 11) is 1.61. The summed E-state index contributed by atoms with van der Waals surface area (Å²) < 4.78 is 11.3. The molecule has 0 saturated carbocycles. The first-order valence-corrected chi connectivity index (χ1v) is 8.19. The van der Waals surface area contributed by atoms with E-state index >= 15 is 0 Å². The van der Waals surface area contributed by atoms with Gasteiger partial charge in [-0.25, -0.2) is 4.98 Å². The Labute approximate surface area is 144 Å². The normalized spacial score (nSPS) is 13.6. The van der Waals surface area contributed by atoms with Gasteiger partial charge in [0.1, 0.15) is 6.61 Å². The van der Waals surface area contributed by atoms with Crippen LogP contribution in [0.4, 0.5) is 0 Å². The average Bonchev–Trinajstić information content (AvgIpc) is 2.51. The van der Waals surface area contributed by atoms with Crippen LogP contribution < -0.4 is 15.2 Å². The van der Waals surface area contributed by atoms with Gasteiger partial charge in [0.05, 0.1) is 7.11 Å². The molecule has 0 aromatic carbocycles. The van der Waals surface area contributed by atoms with Gasteiger partial charge in [-0.05, 0) is 49.9 Å². The van der Waals surface area contributed by atoms with E-state index in [1.54, 1.807) is 19.5 Å². The van der Waals surface area contributed by atoms with Crippen molar-refractivity contribution in [2.75, 3.05) is 13.7 Å². The number of nitrogens with two attached hydrogens (primary N) is 1. The summed E-state index contributed by atoms with van der Waals surface area (Å²) in [6.07, 6.45) is 4.44. The molecule has 5 nitrogen and oxygen atoms in total. The Balaban J connectivity index is 2.17. The number of methoxy groups -OCH3 is 1. The minimum atomic E-state index is -0.401. The van der Waals surface area contributed by atoms with Crippen molar-refractivity contribution in [3.8, 4) is 22.8 Å². The highest BCUT2D eigenvalue weighted by Crippen LogP contribution is 2.30. The van der Waals surface area contributed by atoms with E-state index in [4.69, 9.17) is 15.2 Å². The molecule has 0 unspecified atom stereocenters. The van der Waals surface area contributed by atoms with E-state index in [1.807, 2.05) is 32.0 Å². The van der Waals surface area contributed by atoms with Gasteiger partial charge < -0.3 is 15.2 Å². The topological polar surface area (TPSA) is 70.3 Å². The molecule has 0 aliphatic heterocycles. The summed E-state index contributed by atoms with van der Waals surface area (Å²) >= 11 is 0. The Kier molecular flexibility index (Phi) is 5.78. The Morgan fingerprint density at radius 3 is 2.58 bits per heavy atom. The number of hydrogen-bond donors (Lipinski definition) is 1. The molecule has 0 fully saturated rings. The van der Waals surface area contributed by atoms with Crippen molar-refractivity contribution in [1.29, 1.82) is 0 Å². The van der Waals surface area contributed by atoms with Crippen LogP contribution in [0.3, 0.4) is 0 Å². The molecule has 2 heterocycles.